The van der Waals surface area contributed by atoms with E-state index in [0.29, 0.717) is 11.4 Å². The van der Waals surface area contributed by atoms with E-state index in [1.165, 1.54) is 7.05 Å². The van der Waals surface area contributed by atoms with Crippen LogP contribution in [0.5, 0.6) is 0 Å². The summed E-state index contributed by atoms with van der Waals surface area (Å²) in [7, 11) is -2.34. The molecule has 6 heteroatoms. The molecule has 138 valence electrons. The first kappa shape index (κ1) is 18.7. The van der Waals surface area contributed by atoms with Crippen LogP contribution in [0.3, 0.4) is 0 Å². The summed E-state index contributed by atoms with van der Waals surface area (Å²) in [4.78, 5) is 12.9. The summed E-state index contributed by atoms with van der Waals surface area (Å²) >= 11 is 0. The summed E-state index contributed by atoms with van der Waals surface area (Å²) in [5.41, 5.74) is 2.20. The molecule has 0 fully saturated rings. The molecule has 0 heterocycles. The summed E-state index contributed by atoms with van der Waals surface area (Å²) in [6, 6.07) is 22.3. The standard InChI is InChI=1S/C21H20N2O3S/c1-16-12-14-18(15-13-16)27(25,26)23(2)20-11-7-6-10-19(20)21(24)22-17-8-4-3-5-9-17/h3-15H,1-2H3,(H,22,24). The Morgan fingerprint density at radius 1 is 0.852 bits per heavy atom. The van der Waals surface area contributed by atoms with Crippen LogP contribution in [0.25, 0.3) is 0 Å². The number of amides is 1. The minimum Gasteiger partial charge on any atom is -0.322 e. The van der Waals surface area contributed by atoms with Crippen molar-refractivity contribution in [3.63, 3.8) is 0 Å². The van der Waals surface area contributed by atoms with Crippen molar-refractivity contribution in [2.75, 3.05) is 16.7 Å². The minimum atomic E-state index is -3.78. The maximum atomic E-state index is 13.0. The molecule has 0 aliphatic heterocycles. The van der Waals surface area contributed by atoms with Gasteiger partial charge < -0.3 is 5.32 Å². The normalized spacial score (nSPS) is 11.0. The van der Waals surface area contributed by atoms with Crippen molar-refractivity contribution < 1.29 is 13.2 Å². The second kappa shape index (κ2) is 7.63. The maximum Gasteiger partial charge on any atom is 0.264 e. The lowest BCUT2D eigenvalue weighted by Crippen LogP contribution is -2.29. The zero-order chi connectivity index (χ0) is 19.4. The number of benzene rings is 3. The number of sulfonamides is 1. The molecule has 1 N–H and O–H groups in total. The molecule has 27 heavy (non-hydrogen) atoms. The zero-order valence-electron chi connectivity index (χ0n) is 15.1. The molecule has 3 aromatic carbocycles. The van der Waals surface area contributed by atoms with Gasteiger partial charge in [0.1, 0.15) is 0 Å². The fourth-order valence-electron chi connectivity index (χ4n) is 2.66. The Morgan fingerprint density at radius 2 is 1.44 bits per heavy atom. The smallest absolute Gasteiger partial charge is 0.264 e. The third-order valence-electron chi connectivity index (χ3n) is 4.20. The van der Waals surface area contributed by atoms with Crippen LogP contribution in [-0.2, 0) is 10.0 Å². The molecular weight excluding hydrogens is 360 g/mol. The Labute approximate surface area is 159 Å². The van der Waals surface area contributed by atoms with Crippen molar-refractivity contribution in [3.8, 4) is 0 Å². The van der Waals surface area contributed by atoms with Gasteiger partial charge in [-0.1, -0.05) is 48.0 Å². The number of aryl methyl sites for hydroxylation is 1. The van der Waals surface area contributed by atoms with E-state index < -0.39 is 10.0 Å². The molecule has 3 rings (SSSR count). The van der Waals surface area contributed by atoms with Gasteiger partial charge in [-0.3, -0.25) is 9.10 Å². The quantitative estimate of drug-likeness (QED) is 0.725. The van der Waals surface area contributed by atoms with Crippen molar-refractivity contribution in [3.05, 3.63) is 90.0 Å². The number of anilines is 2. The van der Waals surface area contributed by atoms with Gasteiger partial charge in [-0.05, 0) is 43.3 Å². The average Bonchev–Trinajstić information content (AvgIpc) is 2.68. The molecule has 0 bridgehead atoms. The number of para-hydroxylation sites is 2. The van der Waals surface area contributed by atoms with Gasteiger partial charge in [-0.25, -0.2) is 8.42 Å². The Hall–Kier alpha value is -3.12. The number of nitrogens with zero attached hydrogens (tertiary/aromatic N) is 1. The van der Waals surface area contributed by atoms with Crippen LogP contribution in [-0.4, -0.2) is 21.4 Å². The van der Waals surface area contributed by atoms with Gasteiger partial charge in [0.2, 0.25) is 0 Å². The van der Waals surface area contributed by atoms with Crippen molar-refractivity contribution in [2.24, 2.45) is 0 Å². The van der Waals surface area contributed by atoms with E-state index in [4.69, 9.17) is 0 Å². The van der Waals surface area contributed by atoms with Gasteiger partial charge in [0.05, 0.1) is 16.1 Å². The first-order valence-electron chi connectivity index (χ1n) is 8.40. The largest absolute Gasteiger partial charge is 0.322 e. The van der Waals surface area contributed by atoms with E-state index in [0.717, 1.165) is 9.87 Å². The molecule has 0 radical (unpaired) electrons. The molecular formula is C21H20N2O3S. The van der Waals surface area contributed by atoms with Gasteiger partial charge in [-0.15, -0.1) is 0 Å². The van der Waals surface area contributed by atoms with Crippen LogP contribution in [0.2, 0.25) is 0 Å². The van der Waals surface area contributed by atoms with Crippen LogP contribution in [0.1, 0.15) is 15.9 Å². The van der Waals surface area contributed by atoms with E-state index in [-0.39, 0.29) is 16.4 Å². The van der Waals surface area contributed by atoms with Crippen LogP contribution >= 0.6 is 0 Å². The van der Waals surface area contributed by atoms with E-state index in [9.17, 15) is 13.2 Å². The van der Waals surface area contributed by atoms with Gasteiger partial charge in [0.15, 0.2) is 0 Å². The number of nitrogens with one attached hydrogen (secondary N) is 1. The van der Waals surface area contributed by atoms with Crippen molar-refractivity contribution in [1.82, 2.24) is 0 Å². The van der Waals surface area contributed by atoms with Gasteiger partial charge in [-0.2, -0.15) is 0 Å². The number of hydrogen-bond acceptors (Lipinski definition) is 3. The van der Waals surface area contributed by atoms with Gasteiger partial charge in [0, 0.05) is 12.7 Å². The Kier molecular flexibility index (Phi) is 5.28. The highest BCUT2D eigenvalue weighted by molar-refractivity contribution is 7.92. The number of rotatable bonds is 5. The predicted molar refractivity (Wildman–Crippen MR) is 108 cm³/mol. The maximum absolute atomic E-state index is 13.0. The lowest BCUT2D eigenvalue weighted by Gasteiger charge is -2.22. The minimum absolute atomic E-state index is 0.175. The number of carbonyl (C=O) groups excluding carboxylic acids is 1. The lowest BCUT2D eigenvalue weighted by molar-refractivity contribution is 0.102. The zero-order valence-corrected chi connectivity index (χ0v) is 15.9. The van der Waals surface area contributed by atoms with E-state index in [1.54, 1.807) is 60.7 Å². The van der Waals surface area contributed by atoms with Crippen molar-refractivity contribution in [2.45, 2.75) is 11.8 Å². The summed E-state index contributed by atoms with van der Waals surface area (Å²) in [6.45, 7) is 1.89. The van der Waals surface area contributed by atoms with Crippen molar-refractivity contribution >= 4 is 27.3 Å². The highest BCUT2D eigenvalue weighted by Crippen LogP contribution is 2.26. The Balaban J connectivity index is 1.95. The van der Waals surface area contributed by atoms with E-state index in [2.05, 4.69) is 5.32 Å². The highest BCUT2D eigenvalue weighted by atomic mass is 32.2. The third-order valence-corrected chi connectivity index (χ3v) is 5.98. The molecule has 0 saturated heterocycles. The molecule has 3 aromatic rings. The van der Waals surface area contributed by atoms with Crippen molar-refractivity contribution in [1.29, 1.82) is 0 Å². The second-order valence-corrected chi connectivity index (χ2v) is 8.09. The van der Waals surface area contributed by atoms with Crippen LogP contribution in [0.4, 0.5) is 11.4 Å². The third kappa shape index (κ3) is 4.01. The molecule has 0 unspecified atom stereocenters. The number of carbonyl (C=O) groups is 1. The van der Waals surface area contributed by atoms with Crippen LogP contribution in [0.15, 0.2) is 83.8 Å². The van der Waals surface area contributed by atoms with Crippen LogP contribution in [0, 0.1) is 6.92 Å². The lowest BCUT2D eigenvalue weighted by atomic mass is 10.1. The first-order valence-corrected chi connectivity index (χ1v) is 9.84. The van der Waals surface area contributed by atoms with E-state index >= 15 is 0 Å². The van der Waals surface area contributed by atoms with Gasteiger partial charge >= 0.3 is 0 Å². The molecule has 5 nitrogen and oxygen atoms in total. The fraction of sp³-hybridized carbons (Fsp3) is 0.0952. The highest BCUT2D eigenvalue weighted by Gasteiger charge is 2.25. The predicted octanol–water partition coefficient (Wildman–Crippen LogP) is 4.07. The molecule has 0 aliphatic rings. The monoisotopic (exact) mass is 380 g/mol. The average molecular weight is 380 g/mol. The second-order valence-electron chi connectivity index (χ2n) is 6.12. The fourth-order valence-corrected chi connectivity index (χ4v) is 3.87. The Bertz CT molecular complexity index is 1050. The summed E-state index contributed by atoms with van der Waals surface area (Å²) in [6.07, 6.45) is 0. The summed E-state index contributed by atoms with van der Waals surface area (Å²) < 4.78 is 27.1. The molecule has 0 aromatic heterocycles. The van der Waals surface area contributed by atoms with Gasteiger partial charge in [0.25, 0.3) is 15.9 Å². The molecule has 1 amide bonds. The summed E-state index contributed by atoms with van der Waals surface area (Å²) in [5.74, 6) is -0.372. The molecule has 0 atom stereocenters. The summed E-state index contributed by atoms with van der Waals surface area (Å²) in [5, 5.41) is 2.79. The Morgan fingerprint density at radius 3 is 2.11 bits per heavy atom. The first-order chi connectivity index (χ1) is 12.9. The molecule has 0 spiro atoms. The van der Waals surface area contributed by atoms with Crippen LogP contribution < -0.4 is 9.62 Å². The number of hydrogen-bond donors (Lipinski definition) is 1. The topological polar surface area (TPSA) is 66.5 Å². The molecule has 0 saturated carbocycles. The SMILES string of the molecule is Cc1ccc(S(=O)(=O)N(C)c2ccccc2C(=O)Nc2ccccc2)cc1. The van der Waals surface area contributed by atoms with E-state index in [1.807, 2.05) is 25.1 Å². The molecule has 0 aliphatic carbocycles.